The van der Waals surface area contributed by atoms with Gasteiger partial charge in [-0.1, -0.05) is 6.07 Å². The van der Waals surface area contributed by atoms with Gasteiger partial charge in [0.1, 0.15) is 0 Å². The first kappa shape index (κ1) is 11.7. The normalized spacial score (nSPS) is 10.2. The third-order valence-corrected chi connectivity index (χ3v) is 3.38. The topological polar surface area (TPSA) is 49.3 Å². The van der Waals surface area contributed by atoms with Crippen LogP contribution in [0.5, 0.6) is 0 Å². The second-order valence-corrected chi connectivity index (χ2v) is 4.80. The van der Waals surface area contributed by atoms with Crippen LogP contribution in [0.2, 0.25) is 0 Å². The number of carbonyl (C=O) groups is 1. The number of thiophene rings is 1. The van der Waals surface area contributed by atoms with Gasteiger partial charge in [0.2, 0.25) is 0 Å². The molecule has 0 aliphatic rings. The van der Waals surface area contributed by atoms with Crippen molar-refractivity contribution in [1.29, 1.82) is 0 Å². The average molecular weight is 247 g/mol. The molecular formula is C13H13NO2S. The first-order valence-electron chi connectivity index (χ1n) is 5.27. The lowest BCUT2D eigenvalue weighted by Crippen LogP contribution is -2.02. The molecule has 0 atom stereocenters. The lowest BCUT2D eigenvalue weighted by atomic mass is 10.1. The molecule has 4 heteroatoms. The van der Waals surface area contributed by atoms with E-state index in [0.717, 1.165) is 17.8 Å². The molecule has 0 bridgehead atoms. The molecule has 0 saturated heterocycles. The molecule has 0 fully saturated rings. The number of aryl methyl sites for hydroxylation is 1. The molecule has 0 spiro atoms. The van der Waals surface area contributed by atoms with E-state index in [0.29, 0.717) is 5.56 Å². The quantitative estimate of drug-likeness (QED) is 0.871. The van der Waals surface area contributed by atoms with Crippen LogP contribution in [-0.2, 0) is 6.54 Å². The summed E-state index contributed by atoms with van der Waals surface area (Å²) in [6.45, 7) is 2.57. The molecule has 0 saturated carbocycles. The Balaban J connectivity index is 2.07. The average Bonchev–Trinajstić information content (AvgIpc) is 2.78. The second kappa shape index (κ2) is 5.01. The van der Waals surface area contributed by atoms with Crippen molar-refractivity contribution in [3.05, 3.63) is 51.7 Å². The predicted octanol–water partition coefficient (Wildman–Crippen LogP) is 3.37. The minimum Gasteiger partial charge on any atom is -0.478 e. The molecule has 2 aromatic rings. The van der Waals surface area contributed by atoms with Crippen LogP contribution in [0.25, 0.3) is 0 Å². The fourth-order valence-electron chi connectivity index (χ4n) is 1.62. The third-order valence-electron chi connectivity index (χ3n) is 2.50. The van der Waals surface area contributed by atoms with Gasteiger partial charge < -0.3 is 10.4 Å². The van der Waals surface area contributed by atoms with Gasteiger partial charge in [-0.25, -0.2) is 4.79 Å². The molecule has 1 aromatic heterocycles. The third kappa shape index (κ3) is 2.85. The van der Waals surface area contributed by atoms with Gasteiger partial charge >= 0.3 is 5.97 Å². The standard InChI is InChI=1S/C13H13NO2S/c1-9-7-10(4-5-12(9)13(15)16)14-8-11-3-2-6-17-11/h2-7,14H,8H2,1H3,(H,15,16). The molecular weight excluding hydrogens is 234 g/mol. The zero-order valence-corrected chi connectivity index (χ0v) is 10.3. The summed E-state index contributed by atoms with van der Waals surface area (Å²) in [5.74, 6) is -0.882. The SMILES string of the molecule is Cc1cc(NCc2cccs2)ccc1C(=O)O. The number of anilines is 1. The summed E-state index contributed by atoms with van der Waals surface area (Å²) in [6, 6.07) is 9.37. The molecule has 17 heavy (non-hydrogen) atoms. The first-order valence-corrected chi connectivity index (χ1v) is 6.15. The zero-order chi connectivity index (χ0) is 12.3. The molecule has 1 heterocycles. The van der Waals surface area contributed by atoms with E-state index in [1.165, 1.54) is 4.88 Å². The van der Waals surface area contributed by atoms with Gasteiger partial charge in [0, 0.05) is 17.1 Å². The summed E-state index contributed by atoms with van der Waals surface area (Å²) in [5, 5.41) is 14.2. The van der Waals surface area contributed by atoms with Crippen molar-refractivity contribution in [3.8, 4) is 0 Å². The maximum atomic E-state index is 10.9. The molecule has 0 aliphatic heterocycles. The number of benzene rings is 1. The van der Waals surface area contributed by atoms with Crippen molar-refractivity contribution in [1.82, 2.24) is 0 Å². The maximum Gasteiger partial charge on any atom is 0.335 e. The van der Waals surface area contributed by atoms with Crippen molar-refractivity contribution in [2.75, 3.05) is 5.32 Å². The molecule has 88 valence electrons. The summed E-state index contributed by atoms with van der Waals surface area (Å²) in [7, 11) is 0. The van der Waals surface area contributed by atoms with Crippen molar-refractivity contribution < 1.29 is 9.90 Å². The van der Waals surface area contributed by atoms with E-state index in [1.807, 2.05) is 17.5 Å². The largest absolute Gasteiger partial charge is 0.478 e. The van der Waals surface area contributed by atoms with Crippen molar-refractivity contribution in [2.24, 2.45) is 0 Å². The van der Waals surface area contributed by atoms with E-state index in [9.17, 15) is 4.79 Å². The molecule has 1 aromatic carbocycles. The predicted molar refractivity (Wildman–Crippen MR) is 69.8 cm³/mol. The van der Waals surface area contributed by atoms with E-state index in [2.05, 4.69) is 11.4 Å². The van der Waals surface area contributed by atoms with Crippen molar-refractivity contribution in [3.63, 3.8) is 0 Å². The van der Waals surface area contributed by atoms with Crippen LogP contribution in [0.1, 0.15) is 20.8 Å². The highest BCUT2D eigenvalue weighted by molar-refractivity contribution is 7.09. The Kier molecular flexibility index (Phi) is 3.44. The van der Waals surface area contributed by atoms with Crippen LogP contribution in [0, 0.1) is 6.92 Å². The van der Waals surface area contributed by atoms with E-state index in [-0.39, 0.29) is 0 Å². The van der Waals surface area contributed by atoms with Gasteiger partial charge in [-0.15, -0.1) is 11.3 Å². The van der Waals surface area contributed by atoms with E-state index in [1.54, 1.807) is 30.4 Å². The van der Waals surface area contributed by atoms with Crippen LogP contribution < -0.4 is 5.32 Å². The van der Waals surface area contributed by atoms with Gasteiger partial charge in [-0.3, -0.25) is 0 Å². The Morgan fingerprint density at radius 1 is 1.41 bits per heavy atom. The Morgan fingerprint density at radius 2 is 2.24 bits per heavy atom. The highest BCUT2D eigenvalue weighted by Gasteiger charge is 2.06. The maximum absolute atomic E-state index is 10.9. The Hall–Kier alpha value is -1.81. The summed E-state index contributed by atoms with van der Waals surface area (Å²) in [6.07, 6.45) is 0. The number of hydrogen-bond acceptors (Lipinski definition) is 3. The Bertz CT molecular complexity index is 520. The number of nitrogens with one attached hydrogen (secondary N) is 1. The van der Waals surface area contributed by atoms with E-state index >= 15 is 0 Å². The van der Waals surface area contributed by atoms with Gasteiger partial charge in [0.25, 0.3) is 0 Å². The van der Waals surface area contributed by atoms with Crippen LogP contribution in [0.15, 0.2) is 35.7 Å². The van der Waals surface area contributed by atoms with Gasteiger partial charge in [-0.2, -0.15) is 0 Å². The van der Waals surface area contributed by atoms with E-state index < -0.39 is 5.97 Å². The Morgan fingerprint density at radius 3 is 2.82 bits per heavy atom. The second-order valence-electron chi connectivity index (χ2n) is 3.77. The minimum absolute atomic E-state index is 0.353. The summed E-state index contributed by atoms with van der Waals surface area (Å²) in [4.78, 5) is 12.1. The smallest absolute Gasteiger partial charge is 0.335 e. The lowest BCUT2D eigenvalue weighted by molar-refractivity contribution is 0.0696. The molecule has 2 rings (SSSR count). The van der Waals surface area contributed by atoms with Crippen LogP contribution >= 0.6 is 11.3 Å². The Labute approximate surface area is 104 Å². The molecule has 0 unspecified atom stereocenters. The number of rotatable bonds is 4. The van der Waals surface area contributed by atoms with E-state index in [4.69, 9.17) is 5.11 Å². The number of carboxylic acids is 1. The van der Waals surface area contributed by atoms with Crippen LogP contribution in [0.4, 0.5) is 5.69 Å². The van der Waals surface area contributed by atoms with Gasteiger partial charge in [0.05, 0.1) is 5.56 Å². The molecule has 3 nitrogen and oxygen atoms in total. The van der Waals surface area contributed by atoms with Gasteiger partial charge in [-0.05, 0) is 42.1 Å². The lowest BCUT2D eigenvalue weighted by Gasteiger charge is -2.07. The van der Waals surface area contributed by atoms with Gasteiger partial charge in [0.15, 0.2) is 0 Å². The summed E-state index contributed by atoms with van der Waals surface area (Å²) >= 11 is 1.70. The number of hydrogen-bond donors (Lipinski definition) is 2. The minimum atomic E-state index is -0.882. The first-order chi connectivity index (χ1) is 8.16. The van der Waals surface area contributed by atoms with Crippen LogP contribution in [-0.4, -0.2) is 11.1 Å². The fraction of sp³-hybridized carbons (Fsp3) is 0.154. The van der Waals surface area contributed by atoms with Crippen LogP contribution in [0.3, 0.4) is 0 Å². The molecule has 0 aliphatic carbocycles. The van der Waals surface area contributed by atoms with Crippen molar-refractivity contribution >= 4 is 23.0 Å². The zero-order valence-electron chi connectivity index (χ0n) is 9.43. The number of carboxylic acid groups (broad SMARTS) is 1. The molecule has 0 radical (unpaired) electrons. The number of aromatic carboxylic acids is 1. The summed E-state index contributed by atoms with van der Waals surface area (Å²) in [5.41, 5.74) is 2.07. The highest BCUT2D eigenvalue weighted by Crippen LogP contribution is 2.17. The fourth-order valence-corrected chi connectivity index (χ4v) is 2.26. The molecule has 0 amide bonds. The summed E-state index contributed by atoms with van der Waals surface area (Å²) < 4.78 is 0. The highest BCUT2D eigenvalue weighted by atomic mass is 32.1. The van der Waals surface area contributed by atoms with Crippen molar-refractivity contribution in [2.45, 2.75) is 13.5 Å². The molecule has 2 N–H and O–H groups in total. The monoisotopic (exact) mass is 247 g/mol.